The number of rotatable bonds is 6. The Balaban J connectivity index is 1.55. The van der Waals surface area contributed by atoms with Crippen molar-refractivity contribution in [3.05, 3.63) is 65.0 Å². The van der Waals surface area contributed by atoms with Crippen LogP contribution < -0.4 is 5.32 Å². The molecule has 6 nitrogen and oxygen atoms in total. The minimum absolute atomic E-state index is 0.229. The van der Waals surface area contributed by atoms with Crippen molar-refractivity contribution < 1.29 is 18.8 Å². The van der Waals surface area contributed by atoms with Crippen molar-refractivity contribution in [1.82, 2.24) is 10.5 Å². The van der Waals surface area contributed by atoms with Gasteiger partial charge in [-0.2, -0.15) is 0 Å². The number of methoxy groups -OCH3 is 1. The zero-order valence-corrected chi connectivity index (χ0v) is 16.1. The van der Waals surface area contributed by atoms with Crippen molar-refractivity contribution in [2.75, 3.05) is 26.9 Å². The van der Waals surface area contributed by atoms with E-state index in [4.69, 9.17) is 14.0 Å². The maximum atomic E-state index is 12.5. The van der Waals surface area contributed by atoms with Gasteiger partial charge in [-0.25, -0.2) is 0 Å². The second-order valence-corrected chi connectivity index (χ2v) is 7.18. The van der Waals surface area contributed by atoms with Gasteiger partial charge in [0.05, 0.1) is 6.61 Å². The highest BCUT2D eigenvalue weighted by molar-refractivity contribution is 5.93. The maximum absolute atomic E-state index is 12.5. The molecule has 1 saturated heterocycles. The number of amides is 1. The lowest BCUT2D eigenvalue weighted by atomic mass is 10.00. The van der Waals surface area contributed by atoms with E-state index in [1.165, 1.54) is 0 Å². The molecule has 0 radical (unpaired) electrons. The average Bonchev–Trinajstić information content (AvgIpc) is 3.37. The summed E-state index contributed by atoms with van der Waals surface area (Å²) in [7, 11) is 1.63. The third-order valence-electron chi connectivity index (χ3n) is 5.30. The predicted octanol–water partition coefficient (Wildman–Crippen LogP) is 3.64. The maximum Gasteiger partial charge on any atom is 0.273 e. The molecule has 1 aliphatic rings. The van der Waals surface area contributed by atoms with Crippen LogP contribution in [0, 0.1) is 12.8 Å². The van der Waals surface area contributed by atoms with Crippen LogP contribution in [-0.2, 0) is 9.47 Å². The number of fused-ring (bicyclic) bond motifs is 1. The molecule has 146 valence electrons. The molecular formula is C22H24N2O4. The first kappa shape index (κ1) is 18.7. The molecule has 1 aliphatic heterocycles. The van der Waals surface area contributed by atoms with E-state index in [2.05, 4.69) is 34.7 Å². The third kappa shape index (κ3) is 3.66. The highest BCUT2D eigenvalue weighted by Crippen LogP contribution is 2.31. The monoisotopic (exact) mass is 380 g/mol. The smallest absolute Gasteiger partial charge is 0.273 e. The molecule has 3 aromatic rings. The second-order valence-electron chi connectivity index (χ2n) is 7.18. The van der Waals surface area contributed by atoms with Crippen LogP contribution >= 0.6 is 0 Å². The Bertz CT molecular complexity index is 976. The van der Waals surface area contributed by atoms with Gasteiger partial charge >= 0.3 is 0 Å². The van der Waals surface area contributed by atoms with Crippen molar-refractivity contribution in [2.45, 2.75) is 19.4 Å². The molecule has 0 saturated carbocycles. The van der Waals surface area contributed by atoms with Crippen LogP contribution in [-0.4, -0.2) is 37.9 Å². The van der Waals surface area contributed by atoms with Crippen molar-refractivity contribution in [2.24, 2.45) is 5.92 Å². The number of nitrogens with one attached hydrogen (secondary N) is 1. The largest absolute Gasteiger partial charge is 0.381 e. The van der Waals surface area contributed by atoms with Gasteiger partial charge in [0, 0.05) is 31.7 Å². The van der Waals surface area contributed by atoms with E-state index in [0.717, 1.165) is 29.4 Å². The lowest BCUT2D eigenvalue weighted by Crippen LogP contribution is -2.30. The Labute approximate surface area is 163 Å². The first-order valence-corrected chi connectivity index (χ1v) is 9.51. The molecule has 4 rings (SSSR count). The van der Waals surface area contributed by atoms with Gasteiger partial charge < -0.3 is 19.3 Å². The Morgan fingerprint density at radius 1 is 1.29 bits per heavy atom. The number of nitrogens with zero attached hydrogens (tertiary/aromatic N) is 1. The van der Waals surface area contributed by atoms with Gasteiger partial charge in [0.1, 0.15) is 6.10 Å². The molecule has 2 atom stereocenters. The molecule has 1 aromatic heterocycles. The van der Waals surface area contributed by atoms with Gasteiger partial charge in [-0.05, 0) is 35.7 Å². The summed E-state index contributed by atoms with van der Waals surface area (Å²) in [6.07, 6.45) is 0.540. The van der Waals surface area contributed by atoms with E-state index in [1.807, 2.05) is 25.1 Å². The summed E-state index contributed by atoms with van der Waals surface area (Å²) in [6.45, 7) is 3.87. The topological polar surface area (TPSA) is 73.6 Å². The molecule has 2 aromatic carbocycles. The highest BCUT2D eigenvalue weighted by atomic mass is 16.5. The summed E-state index contributed by atoms with van der Waals surface area (Å²) >= 11 is 0. The molecule has 2 unspecified atom stereocenters. The molecule has 0 spiro atoms. The van der Waals surface area contributed by atoms with Crippen molar-refractivity contribution >= 4 is 16.7 Å². The summed E-state index contributed by atoms with van der Waals surface area (Å²) in [4.78, 5) is 12.5. The van der Waals surface area contributed by atoms with Gasteiger partial charge in [-0.15, -0.1) is 0 Å². The van der Waals surface area contributed by atoms with Crippen molar-refractivity contribution in [1.29, 1.82) is 0 Å². The molecule has 6 heteroatoms. The van der Waals surface area contributed by atoms with E-state index < -0.39 is 6.10 Å². The number of carbonyl (C=O) groups excluding carboxylic acids is 1. The van der Waals surface area contributed by atoms with Crippen LogP contribution in [0.5, 0.6) is 0 Å². The Morgan fingerprint density at radius 3 is 2.86 bits per heavy atom. The fourth-order valence-corrected chi connectivity index (χ4v) is 3.64. The van der Waals surface area contributed by atoms with Crippen molar-refractivity contribution in [3.8, 4) is 0 Å². The van der Waals surface area contributed by atoms with Gasteiger partial charge in [-0.1, -0.05) is 41.6 Å². The SMILES string of the molecule is COC(c1ccc2ccccc2c1)c1onc(C(=O)NCC2CCOC2)c1C. The van der Waals surface area contributed by atoms with E-state index in [9.17, 15) is 4.79 Å². The summed E-state index contributed by atoms with van der Waals surface area (Å²) in [5.41, 5.74) is 1.95. The standard InChI is InChI=1S/C22H24N2O4/c1-14-19(22(25)23-12-15-9-10-27-13-15)24-28-20(14)21(26-2)18-8-7-16-5-3-4-6-17(16)11-18/h3-8,11,15,21H,9-10,12-13H2,1-2H3,(H,23,25). The van der Waals surface area contributed by atoms with E-state index in [0.29, 0.717) is 36.1 Å². The van der Waals surface area contributed by atoms with Crippen molar-refractivity contribution in [3.63, 3.8) is 0 Å². The van der Waals surface area contributed by atoms with Gasteiger partial charge in [0.15, 0.2) is 11.5 Å². The minimum Gasteiger partial charge on any atom is -0.381 e. The van der Waals surface area contributed by atoms with Crippen LogP contribution in [0.15, 0.2) is 47.0 Å². The quantitative estimate of drug-likeness (QED) is 0.707. The molecule has 0 aliphatic carbocycles. The number of hydrogen-bond acceptors (Lipinski definition) is 5. The molecule has 1 amide bonds. The van der Waals surface area contributed by atoms with Gasteiger partial charge in [0.2, 0.25) is 0 Å². The van der Waals surface area contributed by atoms with Crippen LogP contribution in [0.3, 0.4) is 0 Å². The third-order valence-corrected chi connectivity index (χ3v) is 5.30. The molecule has 28 heavy (non-hydrogen) atoms. The lowest BCUT2D eigenvalue weighted by Gasteiger charge is -2.14. The average molecular weight is 380 g/mol. The normalized spacial score (nSPS) is 17.7. The zero-order valence-electron chi connectivity index (χ0n) is 16.1. The van der Waals surface area contributed by atoms with E-state index in [-0.39, 0.29) is 5.91 Å². The Morgan fingerprint density at radius 2 is 2.11 bits per heavy atom. The Hall–Kier alpha value is -2.70. The molecule has 1 N–H and O–H groups in total. The molecule has 2 heterocycles. The first-order chi connectivity index (χ1) is 13.7. The summed E-state index contributed by atoms with van der Waals surface area (Å²) in [5.74, 6) is 0.680. The fourth-order valence-electron chi connectivity index (χ4n) is 3.64. The fraction of sp³-hybridized carbons (Fsp3) is 0.364. The second kappa shape index (κ2) is 8.12. The Kier molecular flexibility index (Phi) is 5.41. The summed E-state index contributed by atoms with van der Waals surface area (Å²) in [6, 6.07) is 14.3. The highest BCUT2D eigenvalue weighted by Gasteiger charge is 2.27. The first-order valence-electron chi connectivity index (χ1n) is 9.51. The molecular weight excluding hydrogens is 356 g/mol. The van der Waals surface area contributed by atoms with Gasteiger partial charge in [0.25, 0.3) is 5.91 Å². The zero-order chi connectivity index (χ0) is 19.5. The van der Waals surface area contributed by atoms with Crippen LogP contribution in [0.4, 0.5) is 0 Å². The van der Waals surface area contributed by atoms with E-state index in [1.54, 1.807) is 7.11 Å². The summed E-state index contributed by atoms with van der Waals surface area (Å²) in [5, 5.41) is 9.23. The van der Waals surface area contributed by atoms with Crippen LogP contribution in [0.25, 0.3) is 10.8 Å². The molecule has 0 bridgehead atoms. The van der Waals surface area contributed by atoms with E-state index >= 15 is 0 Å². The minimum atomic E-state index is -0.429. The number of ether oxygens (including phenoxy) is 2. The predicted molar refractivity (Wildman–Crippen MR) is 105 cm³/mol. The van der Waals surface area contributed by atoms with Crippen LogP contribution in [0.1, 0.15) is 39.9 Å². The summed E-state index contributed by atoms with van der Waals surface area (Å²) < 4.78 is 16.6. The lowest BCUT2D eigenvalue weighted by molar-refractivity contribution is 0.0932. The number of hydrogen-bond donors (Lipinski definition) is 1. The number of aromatic nitrogens is 1. The number of carbonyl (C=O) groups is 1. The number of benzene rings is 2. The van der Waals surface area contributed by atoms with Gasteiger partial charge in [-0.3, -0.25) is 4.79 Å². The van der Waals surface area contributed by atoms with Crippen LogP contribution in [0.2, 0.25) is 0 Å². The molecule has 1 fully saturated rings.